The van der Waals surface area contributed by atoms with Crippen LogP contribution in [0.2, 0.25) is 5.02 Å². The predicted molar refractivity (Wildman–Crippen MR) is 83.1 cm³/mol. The number of hydrogen-bond donors (Lipinski definition) is 1. The first-order valence-corrected chi connectivity index (χ1v) is 7.91. The maximum absolute atomic E-state index is 13.0. The summed E-state index contributed by atoms with van der Waals surface area (Å²) in [5, 5.41) is 8.86. The molecule has 1 unspecified atom stereocenters. The number of aliphatic carboxylic acids is 1. The second-order valence-electron chi connectivity index (χ2n) is 5.64. The molecule has 0 radical (unpaired) electrons. The zero-order valence-electron chi connectivity index (χ0n) is 12.6. The van der Waals surface area contributed by atoms with Gasteiger partial charge in [-0.25, -0.2) is 4.39 Å². The highest BCUT2D eigenvalue weighted by Crippen LogP contribution is 2.25. The fourth-order valence-corrected chi connectivity index (χ4v) is 2.90. The van der Waals surface area contributed by atoms with Gasteiger partial charge in [0, 0.05) is 19.5 Å². The molecule has 1 saturated heterocycles. The van der Waals surface area contributed by atoms with Crippen LogP contribution in [0.5, 0.6) is 5.75 Å². The van der Waals surface area contributed by atoms with Gasteiger partial charge < -0.3 is 14.7 Å². The third kappa shape index (κ3) is 5.39. The van der Waals surface area contributed by atoms with Crippen molar-refractivity contribution in [3.63, 3.8) is 0 Å². The van der Waals surface area contributed by atoms with Crippen LogP contribution in [0.25, 0.3) is 0 Å². The van der Waals surface area contributed by atoms with Gasteiger partial charge in [0.2, 0.25) is 0 Å². The number of carbonyl (C=O) groups is 2. The molecule has 1 N–H and O–H groups in total. The first-order chi connectivity index (χ1) is 11.0. The van der Waals surface area contributed by atoms with E-state index in [1.807, 2.05) is 0 Å². The second-order valence-corrected chi connectivity index (χ2v) is 6.05. The lowest BCUT2D eigenvalue weighted by Gasteiger charge is -2.32. The molecule has 0 aromatic heterocycles. The SMILES string of the molecule is O=C(O)CCC1CCCN(C(=O)COc2ccc(F)cc2Cl)C1. The Morgan fingerprint density at radius 2 is 2.22 bits per heavy atom. The minimum Gasteiger partial charge on any atom is -0.482 e. The number of benzene rings is 1. The highest BCUT2D eigenvalue weighted by molar-refractivity contribution is 6.32. The summed E-state index contributed by atoms with van der Waals surface area (Å²) in [4.78, 5) is 24.5. The van der Waals surface area contributed by atoms with Gasteiger partial charge in [-0.1, -0.05) is 11.6 Å². The van der Waals surface area contributed by atoms with E-state index >= 15 is 0 Å². The zero-order valence-corrected chi connectivity index (χ0v) is 13.4. The number of carboxylic acids is 1. The number of rotatable bonds is 6. The summed E-state index contributed by atoms with van der Waals surface area (Å²) < 4.78 is 18.3. The number of halogens is 2. The molecule has 0 aliphatic carbocycles. The summed E-state index contributed by atoms with van der Waals surface area (Å²) in [6.07, 6.45) is 2.48. The molecule has 0 saturated carbocycles. The lowest BCUT2D eigenvalue weighted by molar-refractivity contribution is -0.137. The van der Waals surface area contributed by atoms with Crippen molar-refractivity contribution in [3.05, 3.63) is 29.0 Å². The molecule has 0 bridgehead atoms. The Morgan fingerprint density at radius 1 is 1.43 bits per heavy atom. The second kappa shape index (κ2) is 8.15. The number of piperidine rings is 1. The molecular weight excluding hydrogens is 325 g/mol. The Morgan fingerprint density at radius 3 is 2.91 bits per heavy atom. The standard InChI is InChI=1S/C16H19ClFNO4/c17-13-8-12(18)4-5-14(13)23-10-15(20)19-7-1-2-11(9-19)3-6-16(21)22/h4-5,8,11H,1-3,6-7,9-10H2,(H,21,22). The maximum atomic E-state index is 13.0. The van der Waals surface area contributed by atoms with E-state index in [9.17, 15) is 14.0 Å². The normalized spacial score (nSPS) is 17.8. The van der Waals surface area contributed by atoms with Crippen molar-refractivity contribution in [2.45, 2.75) is 25.7 Å². The van der Waals surface area contributed by atoms with Crippen molar-refractivity contribution in [2.75, 3.05) is 19.7 Å². The molecule has 1 fully saturated rings. The lowest BCUT2D eigenvalue weighted by atomic mass is 9.93. The fourth-order valence-electron chi connectivity index (χ4n) is 2.68. The number of ether oxygens (including phenoxy) is 1. The Bertz CT molecular complexity index is 581. The molecule has 1 heterocycles. The van der Waals surface area contributed by atoms with E-state index in [2.05, 4.69) is 0 Å². The summed E-state index contributed by atoms with van der Waals surface area (Å²) in [5.74, 6) is -0.988. The van der Waals surface area contributed by atoms with E-state index in [0.717, 1.165) is 18.9 Å². The summed E-state index contributed by atoms with van der Waals surface area (Å²) in [6, 6.07) is 3.73. The van der Waals surface area contributed by atoms with Crippen molar-refractivity contribution < 1.29 is 23.8 Å². The monoisotopic (exact) mass is 343 g/mol. The summed E-state index contributed by atoms with van der Waals surface area (Å²) >= 11 is 5.85. The molecule has 1 amide bonds. The highest BCUT2D eigenvalue weighted by Gasteiger charge is 2.24. The van der Waals surface area contributed by atoms with Crippen molar-refractivity contribution in [1.82, 2.24) is 4.90 Å². The molecule has 23 heavy (non-hydrogen) atoms. The Balaban J connectivity index is 1.83. The molecule has 1 aromatic carbocycles. The van der Waals surface area contributed by atoms with Gasteiger partial charge in [0.1, 0.15) is 11.6 Å². The van der Waals surface area contributed by atoms with Crippen molar-refractivity contribution in [1.29, 1.82) is 0 Å². The average Bonchev–Trinajstić information content (AvgIpc) is 2.52. The summed E-state index contributed by atoms with van der Waals surface area (Å²) in [6.45, 7) is 1.02. The van der Waals surface area contributed by atoms with Crippen LogP contribution in [0.3, 0.4) is 0 Å². The van der Waals surface area contributed by atoms with E-state index in [0.29, 0.717) is 19.5 Å². The van der Waals surface area contributed by atoms with Crippen LogP contribution >= 0.6 is 11.6 Å². The average molecular weight is 344 g/mol. The van der Waals surface area contributed by atoms with Gasteiger partial charge in [0.25, 0.3) is 5.91 Å². The topological polar surface area (TPSA) is 66.8 Å². The summed E-state index contributed by atoms with van der Waals surface area (Å²) in [5.41, 5.74) is 0. The van der Waals surface area contributed by atoms with Crippen LogP contribution in [0.1, 0.15) is 25.7 Å². The van der Waals surface area contributed by atoms with Crippen molar-refractivity contribution >= 4 is 23.5 Å². The van der Waals surface area contributed by atoms with Crippen LogP contribution in [0.15, 0.2) is 18.2 Å². The molecular formula is C16H19ClFNO4. The number of carboxylic acid groups (broad SMARTS) is 1. The molecule has 0 spiro atoms. The molecule has 1 aliphatic rings. The molecule has 7 heteroatoms. The smallest absolute Gasteiger partial charge is 0.303 e. The number of nitrogens with zero attached hydrogens (tertiary/aromatic N) is 1. The number of carbonyl (C=O) groups excluding carboxylic acids is 1. The third-order valence-electron chi connectivity index (χ3n) is 3.88. The van der Waals surface area contributed by atoms with E-state index in [-0.39, 0.29) is 35.6 Å². The van der Waals surface area contributed by atoms with Gasteiger partial charge in [-0.2, -0.15) is 0 Å². The molecule has 5 nitrogen and oxygen atoms in total. The largest absolute Gasteiger partial charge is 0.482 e. The zero-order chi connectivity index (χ0) is 16.8. The van der Waals surface area contributed by atoms with E-state index in [4.69, 9.17) is 21.4 Å². The molecule has 1 aliphatic heterocycles. The van der Waals surface area contributed by atoms with E-state index in [1.54, 1.807) is 4.90 Å². The quantitative estimate of drug-likeness (QED) is 0.862. The van der Waals surface area contributed by atoms with E-state index < -0.39 is 11.8 Å². The minimum atomic E-state index is -0.817. The van der Waals surface area contributed by atoms with Crippen LogP contribution in [-0.2, 0) is 9.59 Å². The van der Waals surface area contributed by atoms with Gasteiger partial charge >= 0.3 is 5.97 Å². The highest BCUT2D eigenvalue weighted by atomic mass is 35.5. The first kappa shape index (κ1) is 17.5. The first-order valence-electron chi connectivity index (χ1n) is 7.53. The maximum Gasteiger partial charge on any atom is 0.303 e. The fraction of sp³-hybridized carbons (Fsp3) is 0.500. The lowest BCUT2D eigenvalue weighted by Crippen LogP contribution is -2.42. The number of amides is 1. The minimum absolute atomic E-state index is 0.119. The summed E-state index contributed by atoms with van der Waals surface area (Å²) in [7, 11) is 0. The predicted octanol–water partition coefficient (Wildman–Crippen LogP) is 2.96. The van der Waals surface area contributed by atoms with Gasteiger partial charge in [0.15, 0.2) is 6.61 Å². The van der Waals surface area contributed by atoms with Gasteiger partial charge in [-0.05, 0) is 43.4 Å². The Hall–Kier alpha value is -1.82. The number of likely N-dealkylation sites (tertiary alicyclic amines) is 1. The van der Waals surface area contributed by atoms with Gasteiger partial charge in [-0.15, -0.1) is 0 Å². The van der Waals surface area contributed by atoms with Crippen molar-refractivity contribution in [3.8, 4) is 5.75 Å². The molecule has 1 atom stereocenters. The van der Waals surface area contributed by atoms with Crippen LogP contribution in [0, 0.1) is 11.7 Å². The molecule has 2 rings (SSSR count). The molecule has 126 valence electrons. The van der Waals surface area contributed by atoms with E-state index in [1.165, 1.54) is 12.1 Å². The van der Waals surface area contributed by atoms with Crippen LogP contribution in [-0.4, -0.2) is 41.6 Å². The Kier molecular flexibility index (Phi) is 6.21. The van der Waals surface area contributed by atoms with Gasteiger partial charge in [-0.3, -0.25) is 9.59 Å². The van der Waals surface area contributed by atoms with Crippen molar-refractivity contribution in [2.24, 2.45) is 5.92 Å². The van der Waals surface area contributed by atoms with Crippen LogP contribution in [0.4, 0.5) is 4.39 Å². The number of hydrogen-bond acceptors (Lipinski definition) is 3. The van der Waals surface area contributed by atoms with Gasteiger partial charge in [0.05, 0.1) is 5.02 Å². The Labute approximate surface area is 139 Å². The third-order valence-corrected chi connectivity index (χ3v) is 4.18. The molecule has 1 aromatic rings. The van der Waals surface area contributed by atoms with Crippen LogP contribution < -0.4 is 4.74 Å².